The van der Waals surface area contributed by atoms with Crippen molar-refractivity contribution < 1.29 is 9.47 Å². The average molecular weight is 279 g/mol. The first kappa shape index (κ1) is 14.7. The number of rotatable bonds is 4. The molecule has 21 heavy (non-hydrogen) atoms. The van der Waals surface area contributed by atoms with Gasteiger partial charge in [-0.3, -0.25) is 0 Å². The van der Waals surface area contributed by atoms with Crippen molar-refractivity contribution in [3.05, 3.63) is 59.2 Å². The van der Waals surface area contributed by atoms with Gasteiger partial charge in [0.15, 0.2) is 11.5 Å². The molecule has 0 unspecified atom stereocenters. The topological polar surface area (TPSA) is 42.2 Å². The van der Waals surface area contributed by atoms with E-state index in [0.717, 1.165) is 16.7 Å². The Balaban J connectivity index is 2.45. The highest BCUT2D eigenvalue weighted by atomic mass is 16.5. The van der Waals surface area contributed by atoms with Crippen LogP contribution in [0.4, 0.5) is 0 Å². The van der Waals surface area contributed by atoms with Crippen molar-refractivity contribution in [2.45, 2.75) is 6.92 Å². The van der Waals surface area contributed by atoms with Crippen LogP contribution in [0.3, 0.4) is 0 Å². The molecule has 0 heterocycles. The van der Waals surface area contributed by atoms with Crippen LogP contribution in [0.1, 0.15) is 16.7 Å². The molecular weight excluding hydrogens is 262 g/mol. The Morgan fingerprint density at radius 2 is 1.81 bits per heavy atom. The highest BCUT2D eigenvalue weighted by Gasteiger charge is 2.08. The van der Waals surface area contributed by atoms with Crippen molar-refractivity contribution in [1.82, 2.24) is 0 Å². The van der Waals surface area contributed by atoms with Gasteiger partial charge >= 0.3 is 0 Å². The van der Waals surface area contributed by atoms with Gasteiger partial charge < -0.3 is 9.47 Å². The van der Waals surface area contributed by atoms with E-state index < -0.39 is 0 Å². The number of benzene rings is 2. The molecule has 106 valence electrons. The number of ether oxygens (including phenoxy) is 2. The SMILES string of the molecule is COc1ccc(C(C#N)=Cc2cccc(C)c2)cc1OC. The molecule has 0 atom stereocenters. The van der Waals surface area contributed by atoms with Gasteiger partial charge in [-0.25, -0.2) is 0 Å². The number of allylic oxidation sites excluding steroid dienone is 1. The molecule has 0 aliphatic rings. The molecule has 0 bridgehead atoms. The van der Waals surface area contributed by atoms with Crippen molar-refractivity contribution in [3.8, 4) is 17.6 Å². The summed E-state index contributed by atoms with van der Waals surface area (Å²) >= 11 is 0. The molecule has 2 aromatic rings. The van der Waals surface area contributed by atoms with Crippen molar-refractivity contribution in [3.63, 3.8) is 0 Å². The van der Waals surface area contributed by atoms with Crippen molar-refractivity contribution in [2.24, 2.45) is 0 Å². The lowest BCUT2D eigenvalue weighted by atomic mass is 10.0. The van der Waals surface area contributed by atoms with Crippen LogP contribution in [0.25, 0.3) is 11.6 Å². The van der Waals surface area contributed by atoms with Crippen LogP contribution in [0.15, 0.2) is 42.5 Å². The highest BCUT2D eigenvalue weighted by Crippen LogP contribution is 2.30. The molecule has 2 rings (SSSR count). The predicted octanol–water partition coefficient (Wildman–Crippen LogP) is 4.08. The molecule has 0 fully saturated rings. The van der Waals surface area contributed by atoms with Crippen LogP contribution in [-0.4, -0.2) is 14.2 Å². The lowest BCUT2D eigenvalue weighted by Gasteiger charge is -2.09. The number of methoxy groups -OCH3 is 2. The molecule has 0 saturated carbocycles. The van der Waals surface area contributed by atoms with E-state index in [4.69, 9.17) is 9.47 Å². The Morgan fingerprint density at radius 1 is 1.05 bits per heavy atom. The van der Waals surface area contributed by atoms with Gasteiger partial charge in [0.25, 0.3) is 0 Å². The smallest absolute Gasteiger partial charge is 0.161 e. The minimum Gasteiger partial charge on any atom is -0.493 e. The van der Waals surface area contributed by atoms with E-state index in [2.05, 4.69) is 6.07 Å². The van der Waals surface area contributed by atoms with Crippen LogP contribution in [0.5, 0.6) is 11.5 Å². The van der Waals surface area contributed by atoms with E-state index in [1.807, 2.05) is 49.4 Å². The third-order valence-corrected chi connectivity index (χ3v) is 3.17. The molecule has 3 nitrogen and oxygen atoms in total. The maximum Gasteiger partial charge on any atom is 0.161 e. The minimum atomic E-state index is 0.585. The number of hydrogen-bond donors (Lipinski definition) is 0. The van der Waals surface area contributed by atoms with E-state index in [1.54, 1.807) is 20.3 Å². The van der Waals surface area contributed by atoms with Crippen LogP contribution >= 0.6 is 0 Å². The molecule has 0 aliphatic carbocycles. The molecular formula is C18H17NO2. The number of nitrogens with zero attached hydrogens (tertiary/aromatic N) is 1. The van der Waals surface area contributed by atoms with Gasteiger partial charge in [0, 0.05) is 0 Å². The Morgan fingerprint density at radius 3 is 2.43 bits per heavy atom. The van der Waals surface area contributed by atoms with Gasteiger partial charge in [0.05, 0.1) is 25.9 Å². The lowest BCUT2D eigenvalue weighted by molar-refractivity contribution is 0.355. The fourth-order valence-electron chi connectivity index (χ4n) is 2.11. The third kappa shape index (κ3) is 3.43. The number of hydrogen-bond acceptors (Lipinski definition) is 3. The van der Waals surface area contributed by atoms with Gasteiger partial charge in [-0.2, -0.15) is 5.26 Å². The Kier molecular flexibility index (Phi) is 4.63. The normalized spacial score (nSPS) is 10.9. The Labute approximate surface area is 125 Å². The van der Waals surface area contributed by atoms with Gasteiger partial charge in [-0.1, -0.05) is 29.8 Å². The molecule has 0 radical (unpaired) electrons. The number of nitriles is 1. The summed E-state index contributed by atoms with van der Waals surface area (Å²) in [6.45, 7) is 2.03. The zero-order valence-corrected chi connectivity index (χ0v) is 12.4. The highest BCUT2D eigenvalue weighted by molar-refractivity contribution is 5.90. The molecule has 3 heteroatoms. The quantitative estimate of drug-likeness (QED) is 0.625. The summed E-state index contributed by atoms with van der Waals surface area (Å²) in [6, 6.07) is 15.7. The molecule has 0 aromatic heterocycles. The summed E-state index contributed by atoms with van der Waals surface area (Å²) in [4.78, 5) is 0. The summed E-state index contributed by atoms with van der Waals surface area (Å²) in [5.74, 6) is 1.26. The maximum atomic E-state index is 9.41. The molecule has 2 aromatic carbocycles. The number of aryl methyl sites for hydroxylation is 1. The largest absolute Gasteiger partial charge is 0.493 e. The lowest BCUT2D eigenvalue weighted by Crippen LogP contribution is -1.92. The summed E-state index contributed by atoms with van der Waals surface area (Å²) in [5.41, 5.74) is 3.55. The fraction of sp³-hybridized carbons (Fsp3) is 0.167. The first-order valence-corrected chi connectivity index (χ1v) is 6.59. The molecule has 0 spiro atoms. The van der Waals surface area contributed by atoms with E-state index in [1.165, 1.54) is 0 Å². The van der Waals surface area contributed by atoms with Crippen molar-refractivity contribution in [2.75, 3.05) is 14.2 Å². The van der Waals surface area contributed by atoms with Crippen LogP contribution in [0, 0.1) is 18.3 Å². The maximum absolute atomic E-state index is 9.41. The second-order valence-electron chi connectivity index (χ2n) is 4.65. The van der Waals surface area contributed by atoms with Gasteiger partial charge in [-0.05, 0) is 42.3 Å². The summed E-state index contributed by atoms with van der Waals surface area (Å²) in [7, 11) is 3.17. The van der Waals surface area contributed by atoms with Crippen LogP contribution < -0.4 is 9.47 Å². The second-order valence-corrected chi connectivity index (χ2v) is 4.65. The van der Waals surface area contributed by atoms with Crippen molar-refractivity contribution in [1.29, 1.82) is 5.26 Å². The first-order valence-electron chi connectivity index (χ1n) is 6.59. The zero-order valence-electron chi connectivity index (χ0n) is 12.4. The first-order chi connectivity index (χ1) is 10.2. The standard InChI is InChI=1S/C18H17NO2/c1-13-5-4-6-14(9-13)10-16(12-19)15-7-8-17(20-2)18(11-15)21-3/h4-11H,1-3H3. The van der Waals surface area contributed by atoms with Crippen LogP contribution in [-0.2, 0) is 0 Å². The van der Waals surface area contributed by atoms with E-state index in [0.29, 0.717) is 17.1 Å². The summed E-state index contributed by atoms with van der Waals surface area (Å²) < 4.78 is 10.5. The Hall–Kier alpha value is -2.73. The summed E-state index contributed by atoms with van der Waals surface area (Å²) in [6.07, 6.45) is 1.87. The van der Waals surface area contributed by atoms with Gasteiger partial charge in [0.2, 0.25) is 0 Å². The Bertz CT molecular complexity index is 711. The second kappa shape index (κ2) is 6.62. The predicted molar refractivity (Wildman–Crippen MR) is 84.2 cm³/mol. The van der Waals surface area contributed by atoms with E-state index in [9.17, 15) is 5.26 Å². The summed E-state index contributed by atoms with van der Waals surface area (Å²) in [5, 5.41) is 9.41. The average Bonchev–Trinajstić information content (AvgIpc) is 2.52. The van der Waals surface area contributed by atoms with Gasteiger partial charge in [-0.15, -0.1) is 0 Å². The van der Waals surface area contributed by atoms with Crippen molar-refractivity contribution >= 4 is 11.6 Å². The van der Waals surface area contributed by atoms with E-state index >= 15 is 0 Å². The van der Waals surface area contributed by atoms with Gasteiger partial charge in [0.1, 0.15) is 0 Å². The fourth-order valence-corrected chi connectivity index (χ4v) is 2.11. The minimum absolute atomic E-state index is 0.585. The van der Waals surface area contributed by atoms with Crippen LogP contribution in [0.2, 0.25) is 0 Å². The zero-order chi connectivity index (χ0) is 15.2. The molecule has 0 saturated heterocycles. The molecule has 0 aliphatic heterocycles. The molecule has 0 N–H and O–H groups in total. The van der Waals surface area contributed by atoms with E-state index in [-0.39, 0.29) is 0 Å². The third-order valence-electron chi connectivity index (χ3n) is 3.17. The monoisotopic (exact) mass is 279 g/mol. The molecule has 0 amide bonds.